The van der Waals surface area contributed by atoms with Gasteiger partial charge in [0, 0.05) is 37.4 Å². The lowest BCUT2D eigenvalue weighted by Gasteiger charge is -2.36. The molecule has 0 spiro atoms. The zero-order valence-electron chi connectivity index (χ0n) is 12.9. The molecular formula is C17H19FN4O. The van der Waals surface area contributed by atoms with Crippen LogP contribution in [0.25, 0.3) is 0 Å². The third-order valence-corrected chi connectivity index (χ3v) is 4.77. The second kappa shape index (κ2) is 5.68. The standard InChI is InChI=1S/C17H19FN4O/c18-13-5-1-2-7-15(13)21-8-10-22(11-9-21)17(23)16-12-4-3-6-14(12)19-20-16/h1-2,5,7H,3-4,6,8-11H2,(H,19,20). The van der Waals surface area contributed by atoms with Crippen LogP contribution in [0.2, 0.25) is 0 Å². The number of nitrogens with one attached hydrogen (secondary N) is 1. The van der Waals surface area contributed by atoms with Crippen molar-refractivity contribution in [1.29, 1.82) is 0 Å². The van der Waals surface area contributed by atoms with Gasteiger partial charge in [-0.05, 0) is 31.4 Å². The van der Waals surface area contributed by atoms with E-state index in [-0.39, 0.29) is 11.7 Å². The first kappa shape index (κ1) is 14.2. The number of piperazine rings is 1. The molecule has 2 heterocycles. The molecule has 1 N–H and O–H groups in total. The van der Waals surface area contributed by atoms with E-state index in [1.807, 2.05) is 15.9 Å². The maximum absolute atomic E-state index is 13.9. The van der Waals surface area contributed by atoms with E-state index < -0.39 is 0 Å². The van der Waals surface area contributed by atoms with Crippen LogP contribution in [0.15, 0.2) is 24.3 Å². The van der Waals surface area contributed by atoms with Crippen molar-refractivity contribution < 1.29 is 9.18 Å². The van der Waals surface area contributed by atoms with Gasteiger partial charge in [-0.1, -0.05) is 12.1 Å². The molecule has 6 heteroatoms. The zero-order chi connectivity index (χ0) is 15.8. The molecule has 1 aliphatic carbocycles. The van der Waals surface area contributed by atoms with Gasteiger partial charge in [-0.3, -0.25) is 9.89 Å². The maximum atomic E-state index is 13.9. The number of hydrogen-bond donors (Lipinski definition) is 1. The van der Waals surface area contributed by atoms with Crippen LogP contribution in [-0.4, -0.2) is 47.2 Å². The number of fused-ring (bicyclic) bond motifs is 1. The van der Waals surface area contributed by atoms with Crippen LogP contribution in [0.1, 0.15) is 28.2 Å². The van der Waals surface area contributed by atoms with Crippen molar-refractivity contribution in [2.75, 3.05) is 31.1 Å². The van der Waals surface area contributed by atoms with Gasteiger partial charge >= 0.3 is 0 Å². The van der Waals surface area contributed by atoms with E-state index in [2.05, 4.69) is 10.2 Å². The van der Waals surface area contributed by atoms with Crippen LogP contribution < -0.4 is 4.90 Å². The molecule has 0 atom stereocenters. The molecule has 4 rings (SSSR count). The lowest BCUT2D eigenvalue weighted by Crippen LogP contribution is -2.49. The molecule has 5 nitrogen and oxygen atoms in total. The summed E-state index contributed by atoms with van der Waals surface area (Å²) in [5.41, 5.74) is 3.39. The smallest absolute Gasteiger partial charge is 0.274 e. The van der Waals surface area contributed by atoms with Gasteiger partial charge in [0.2, 0.25) is 0 Å². The summed E-state index contributed by atoms with van der Waals surface area (Å²) in [5, 5.41) is 7.21. The van der Waals surface area contributed by atoms with E-state index in [9.17, 15) is 9.18 Å². The molecule has 1 aromatic heterocycles. The van der Waals surface area contributed by atoms with Crippen molar-refractivity contribution in [3.05, 3.63) is 47.0 Å². The number of aryl methyl sites for hydroxylation is 1. The number of hydrogen-bond acceptors (Lipinski definition) is 3. The Kier molecular flexibility index (Phi) is 3.52. The normalized spacial score (nSPS) is 17.4. The van der Waals surface area contributed by atoms with E-state index in [1.54, 1.807) is 12.1 Å². The van der Waals surface area contributed by atoms with Crippen molar-refractivity contribution in [2.45, 2.75) is 19.3 Å². The molecule has 0 radical (unpaired) electrons. The molecule has 1 fully saturated rings. The van der Waals surface area contributed by atoms with Gasteiger partial charge < -0.3 is 9.80 Å². The number of para-hydroxylation sites is 1. The fraction of sp³-hybridized carbons (Fsp3) is 0.412. The van der Waals surface area contributed by atoms with Crippen molar-refractivity contribution in [3.8, 4) is 0 Å². The first-order valence-electron chi connectivity index (χ1n) is 8.09. The summed E-state index contributed by atoms with van der Waals surface area (Å²) in [6.45, 7) is 2.46. The first-order valence-corrected chi connectivity index (χ1v) is 8.09. The fourth-order valence-electron chi connectivity index (χ4n) is 3.50. The van der Waals surface area contributed by atoms with Gasteiger partial charge in [0.15, 0.2) is 5.69 Å². The number of H-pyrrole nitrogens is 1. The Hall–Kier alpha value is -2.37. The summed E-state index contributed by atoms with van der Waals surface area (Å²) in [5.74, 6) is -0.213. The molecule has 1 aliphatic heterocycles. The average Bonchev–Trinajstić information content (AvgIpc) is 3.18. The van der Waals surface area contributed by atoms with Crippen molar-refractivity contribution in [3.63, 3.8) is 0 Å². The summed E-state index contributed by atoms with van der Waals surface area (Å²) in [6.07, 6.45) is 3.00. The summed E-state index contributed by atoms with van der Waals surface area (Å²) >= 11 is 0. The molecule has 2 aliphatic rings. The van der Waals surface area contributed by atoms with Gasteiger partial charge in [-0.25, -0.2) is 4.39 Å². The summed E-state index contributed by atoms with van der Waals surface area (Å²) in [4.78, 5) is 16.5. The number of amides is 1. The van der Waals surface area contributed by atoms with E-state index in [0.717, 1.165) is 30.5 Å². The molecule has 0 unspecified atom stereocenters. The van der Waals surface area contributed by atoms with Crippen LogP contribution >= 0.6 is 0 Å². The van der Waals surface area contributed by atoms with Gasteiger partial charge in [0.25, 0.3) is 5.91 Å². The minimum atomic E-state index is -0.211. The second-order valence-electron chi connectivity index (χ2n) is 6.11. The van der Waals surface area contributed by atoms with Gasteiger partial charge in [0.05, 0.1) is 5.69 Å². The van der Waals surface area contributed by atoms with Gasteiger partial charge in [-0.2, -0.15) is 5.10 Å². The molecule has 23 heavy (non-hydrogen) atoms. The number of anilines is 1. The minimum absolute atomic E-state index is 0.00224. The number of halogens is 1. The van der Waals surface area contributed by atoms with Crippen LogP contribution in [0, 0.1) is 5.82 Å². The third-order valence-electron chi connectivity index (χ3n) is 4.77. The lowest BCUT2D eigenvalue weighted by atomic mass is 10.1. The first-order chi connectivity index (χ1) is 11.2. The van der Waals surface area contributed by atoms with Crippen LogP contribution in [0.4, 0.5) is 10.1 Å². The molecule has 1 saturated heterocycles. The zero-order valence-corrected chi connectivity index (χ0v) is 12.9. The number of aromatic amines is 1. The molecular weight excluding hydrogens is 295 g/mol. The molecule has 1 amide bonds. The maximum Gasteiger partial charge on any atom is 0.274 e. The molecule has 0 bridgehead atoms. The van der Waals surface area contributed by atoms with Crippen LogP contribution in [-0.2, 0) is 12.8 Å². The SMILES string of the molecule is O=C(c1n[nH]c2c1CCC2)N1CCN(c2ccccc2F)CC1. The number of carbonyl (C=O) groups excluding carboxylic acids is 1. The topological polar surface area (TPSA) is 52.2 Å². The van der Waals surface area contributed by atoms with Gasteiger partial charge in [0.1, 0.15) is 5.82 Å². The van der Waals surface area contributed by atoms with Crippen molar-refractivity contribution >= 4 is 11.6 Å². The predicted octanol–water partition coefficient (Wildman–Crippen LogP) is 2.00. The predicted molar refractivity (Wildman–Crippen MR) is 85.1 cm³/mol. The number of carbonyl (C=O) groups is 1. The molecule has 0 saturated carbocycles. The summed E-state index contributed by atoms with van der Waals surface area (Å²) in [7, 11) is 0. The Balaban J connectivity index is 1.45. The Morgan fingerprint density at radius 1 is 1.13 bits per heavy atom. The lowest BCUT2D eigenvalue weighted by molar-refractivity contribution is 0.0739. The van der Waals surface area contributed by atoms with E-state index in [1.165, 1.54) is 6.07 Å². The highest BCUT2D eigenvalue weighted by molar-refractivity contribution is 5.94. The fourth-order valence-corrected chi connectivity index (χ4v) is 3.50. The molecule has 1 aromatic carbocycles. The quantitative estimate of drug-likeness (QED) is 0.922. The monoisotopic (exact) mass is 314 g/mol. The van der Waals surface area contributed by atoms with Gasteiger partial charge in [-0.15, -0.1) is 0 Å². The largest absolute Gasteiger partial charge is 0.366 e. The van der Waals surface area contributed by atoms with Crippen molar-refractivity contribution in [2.24, 2.45) is 0 Å². The molecule has 120 valence electrons. The van der Waals surface area contributed by atoms with E-state index in [4.69, 9.17) is 0 Å². The summed E-state index contributed by atoms with van der Waals surface area (Å²) in [6, 6.07) is 6.78. The highest BCUT2D eigenvalue weighted by atomic mass is 19.1. The average molecular weight is 314 g/mol. The summed E-state index contributed by atoms with van der Waals surface area (Å²) < 4.78 is 13.9. The number of benzene rings is 1. The number of rotatable bonds is 2. The highest BCUT2D eigenvalue weighted by Crippen LogP contribution is 2.25. The van der Waals surface area contributed by atoms with Crippen LogP contribution in [0.5, 0.6) is 0 Å². The molecule has 2 aromatic rings. The minimum Gasteiger partial charge on any atom is -0.366 e. The highest BCUT2D eigenvalue weighted by Gasteiger charge is 2.29. The Labute approximate surface area is 134 Å². The second-order valence-corrected chi connectivity index (χ2v) is 6.11. The van der Waals surface area contributed by atoms with E-state index in [0.29, 0.717) is 37.6 Å². The Morgan fingerprint density at radius 3 is 2.70 bits per heavy atom. The number of aromatic nitrogens is 2. The van der Waals surface area contributed by atoms with Crippen LogP contribution in [0.3, 0.4) is 0 Å². The third kappa shape index (κ3) is 2.48. The van der Waals surface area contributed by atoms with E-state index >= 15 is 0 Å². The van der Waals surface area contributed by atoms with Crippen molar-refractivity contribution in [1.82, 2.24) is 15.1 Å². The Bertz CT molecular complexity index is 734. The number of nitrogens with zero attached hydrogens (tertiary/aromatic N) is 3. The Morgan fingerprint density at radius 2 is 1.91 bits per heavy atom.